The van der Waals surface area contributed by atoms with Gasteiger partial charge in [0.1, 0.15) is 0 Å². The molecule has 3 heteroatoms. The molecule has 0 spiro atoms. The van der Waals surface area contributed by atoms with Crippen LogP contribution in [-0.4, -0.2) is 22.5 Å². The maximum Gasteiger partial charge on any atom is 0.0315 e. The van der Waals surface area contributed by atoms with Crippen molar-refractivity contribution in [3.05, 3.63) is 30.1 Å². The second-order valence-corrected chi connectivity index (χ2v) is 4.89. The van der Waals surface area contributed by atoms with Gasteiger partial charge in [-0.2, -0.15) is 11.8 Å². The predicted molar refractivity (Wildman–Crippen MR) is 61.5 cm³/mol. The summed E-state index contributed by atoms with van der Waals surface area (Å²) in [5.41, 5.74) is 1.28. The number of nitrogens with zero attached hydrogens (tertiary/aromatic N) is 1. The van der Waals surface area contributed by atoms with Crippen molar-refractivity contribution >= 4 is 11.8 Å². The predicted octanol–water partition coefficient (Wildman–Crippen LogP) is 2.24. The smallest absolute Gasteiger partial charge is 0.0315 e. The first-order valence-corrected chi connectivity index (χ1v) is 6.25. The highest BCUT2D eigenvalue weighted by molar-refractivity contribution is 7.99. The molecule has 1 unspecified atom stereocenters. The lowest BCUT2D eigenvalue weighted by Gasteiger charge is -2.18. The first-order chi connectivity index (χ1) is 6.86. The van der Waals surface area contributed by atoms with Crippen LogP contribution >= 0.6 is 11.8 Å². The molecule has 1 N–H and O–H groups in total. The molecule has 0 radical (unpaired) electrons. The minimum atomic E-state index is 0.424. The van der Waals surface area contributed by atoms with Crippen LogP contribution in [0.15, 0.2) is 24.5 Å². The van der Waals surface area contributed by atoms with Crippen molar-refractivity contribution < 1.29 is 0 Å². The van der Waals surface area contributed by atoms with E-state index in [2.05, 4.69) is 23.3 Å². The molecule has 0 amide bonds. The van der Waals surface area contributed by atoms with E-state index in [1.165, 1.54) is 23.5 Å². The summed E-state index contributed by atoms with van der Waals surface area (Å²) in [7, 11) is 0. The molecule has 1 fully saturated rings. The second kappa shape index (κ2) is 4.80. The molecule has 1 aromatic heterocycles. The zero-order chi connectivity index (χ0) is 9.80. The van der Waals surface area contributed by atoms with E-state index in [-0.39, 0.29) is 0 Å². The Hall–Kier alpha value is -0.540. The van der Waals surface area contributed by atoms with E-state index < -0.39 is 0 Å². The van der Waals surface area contributed by atoms with Gasteiger partial charge >= 0.3 is 0 Å². The molecule has 0 saturated carbocycles. The fraction of sp³-hybridized carbons (Fsp3) is 0.545. The topological polar surface area (TPSA) is 24.9 Å². The van der Waals surface area contributed by atoms with Gasteiger partial charge in [-0.25, -0.2) is 0 Å². The van der Waals surface area contributed by atoms with Crippen molar-refractivity contribution in [2.75, 3.05) is 11.5 Å². The largest absolute Gasteiger partial charge is 0.307 e. The molecule has 1 aliphatic rings. The van der Waals surface area contributed by atoms with Crippen LogP contribution in [-0.2, 0) is 0 Å². The van der Waals surface area contributed by atoms with E-state index in [0.717, 1.165) is 0 Å². The van der Waals surface area contributed by atoms with E-state index >= 15 is 0 Å². The zero-order valence-electron chi connectivity index (χ0n) is 8.44. The minimum Gasteiger partial charge on any atom is -0.307 e. The third kappa shape index (κ3) is 2.49. The summed E-state index contributed by atoms with van der Waals surface area (Å²) < 4.78 is 0. The van der Waals surface area contributed by atoms with Gasteiger partial charge in [-0.15, -0.1) is 0 Å². The lowest BCUT2D eigenvalue weighted by atomic mass is 10.1. The summed E-state index contributed by atoms with van der Waals surface area (Å²) in [4.78, 5) is 4.14. The minimum absolute atomic E-state index is 0.424. The number of aromatic nitrogens is 1. The molecule has 2 atom stereocenters. The average Bonchev–Trinajstić information content (AvgIpc) is 2.72. The molecule has 2 rings (SSSR count). The molecule has 1 aromatic rings. The van der Waals surface area contributed by atoms with E-state index in [0.29, 0.717) is 12.1 Å². The maximum absolute atomic E-state index is 4.14. The Morgan fingerprint density at radius 3 is 3.21 bits per heavy atom. The van der Waals surface area contributed by atoms with Crippen LogP contribution in [0.3, 0.4) is 0 Å². The summed E-state index contributed by atoms with van der Waals surface area (Å²) >= 11 is 2.04. The number of hydrogen-bond acceptors (Lipinski definition) is 3. The Bertz CT molecular complexity index is 270. The number of hydrogen-bond donors (Lipinski definition) is 1. The molecule has 2 heterocycles. The Morgan fingerprint density at radius 1 is 1.64 bits per heavy atom. The first kappa shape index (κ1) is 9.99. The maximum atomic E-state index is 4.14. The Labute approximate surface area is 89.5 Å². The highest BCUT2D eigenvalue weighted by Gasteiger charge is 2.17. The summed E-state index contributed by atoms with van der Waals surface area (Å²) in [5.74, 6) is 2.56. The van der Waals surface area contributed by atoms with Gasteiger partial charge in [-0.3, -0.25) is 4.98 Å². The van der Waals surface area contributed by atoms with Crippen molar-refractivity contribution in [2.24, 2.45) is 0 Å². The molecule has 76 valence electrons. The van der Waals surface area contributed by atoms with Gasteiger partial charge in [0.2, 0.25) is 0 Å². The molecular weight excluding hydrogens is 192 g/mol. The Morgan fingerprint density at radius 2 is 2.57 bits per heavy atom. The van der Waals surface area contributed by atoms with Gasteiger partial charge < -0.3 is 5.32 Å². The molecule has 2 nitrogen and oxygen atoms in total. The molecule has 14 heavy (non-hydrogen) atoms. The number of rotatable bonds is 3. The van der Waals surface area contributed by atoms with Crippen LogP contribution in [0.1, 0.15) is 24.9 Å². The summed E-state index contributed by atoms with van der Waals surface area (Å²) in [6.07, 6.45) is 5.07. The third-order valence-corrected chi connectivity index (χ3v) is 3.76. The number of nitrogens with one attached hydrogen (secondary N) is 1. The summed E-state index contributed by atoms with van der Waals surface area (Å²) in [5, 5.41) is 3.63. The van der Waals surface area contributed by atoms with Crippen LogP contribution in [0.4, 0.5) is 0 Å². The van der Waals surface area contributed by atoms with Gasteiger partial charge in [0.05, 0.1) is 0 Å². The highest BCUT2D eigenvalue weighted by Crippen LogP contribution is 2.20. The van der Waals surface area contributed by atoms with Crippen molar-refractivity contribution in [2.45, 2.75) is 25.4 Å². The van der Waals surface area contributed by atoms with Crippen molar-refractivity contribution in [3.8, 4) is 0 Å². The van der Waals surface area contributed by atoms with Crippen molar-refractivity contribution in [1.29, 1.82) is 0 Å². The van der Waals surface area contributed by atoms with Crippen LogP contribution in [0.5, 0.6) is 0 Å². The Balaban J connectivity index is 1.92. The number of thioether (sulfide) groups is 1. The molecule has 1 saturated heterocycles. The number of pyridine rings is 1. The molecule has 1 aliphatic heterocycles. The van der Waals surface area contributed by atoms with Crippen LogP contribution in [0.25, 0.3) is 0 Å². The SMILES string of the molecule is C[C@H](NC1CCSC1)c1cccnc1. The molecule has 0 aromatic carbocycles. The fourth-order valence-electron chi connectivity index (χ4n) is 1.75. The van der Waals surface area contributed by atoms with Crippen molar-refractivity contribution in [3.63, 3.8) is 0 Å². The van der Waals surface area contributed by atoms with E-state index in [1.807, 2.05) is 30.2 Å². The second-order valence-electron chi connectivity index (χ2n) is 3.74. The van der Waals surface area contributed by atoms with Crippen LogP contribution < -0.4 is 5.32 Å². The van der Waals surface area contributed by atoms with Crippen LogP contribution in [0, 0.1) is 0 Å². The normalized spacial score (nSPS) is 23.6. The standard InChI is InChI=1S/C11H16N2S/c1-9(10-3-2-5-12-7-10)13-11-4-6-14-8-11/h2-3,5,7,9,11,13H,4,6,8H2,1H3/t9-,11?/m0/s1. The van der Waals surface area contributed by atoms with E-state index in [1.54, 1.807) is 0 Å². The third-order valence-electron chi connectivity index (χ3n) is 2.60. The van der Waals surface area contributed by atoms with Gasteiger partial charge in [0, 0.05) is 30.2 Å². The average molecular weight is 208 g/mol. The first-order valence-electron chi connectivity index (χ1n) is 5.10. The summed E-state index contributed by atoms with van der Waals surface area (Å²) in [6, 6.07) is 5.24. The molecule has 0 bridgehead atoms. The molecule has 0 aliphatic carbocycles. The van der Waals surface area contributed by atoms with Gasteiger partial charge in [0.25, 0.3) is 0 Å². The highest BCUT2D eigenvalue weighted by atomic mass is 32.2. The summed E-state index contributed by atoms with van der Waals surface area (Å²) in [6.45, 7) is 2.21. The van der Waals surface area contributed by atoms with Crippen LogP contribution in [0.2, 0.25) is 0 Å². The van der Waals surface area contributed by atoms with E-state index in [4.69, 9.17) is 0 Å². The van der Waals surface area contributed by atoms with Gasteiger partial charge in [-0.05, 0) is 30.7 Å². The Kier molecular flexibility index (Phi) is 3.43. The molecular formula is C11H16N2S. The lowest BCUT2D eigenvalue weighted by Crippen LogP contribution is -2.31. The van der Waals surface area contributed by atoms with Gasteiger partial charge in [0.15, 0.2) is 0 Å². The monoisotopic (exact) mass is 208 g/mol. The van der Waals surface area contributed by atoms with Crippen molar-refractivity contribution in [1.82, 2.24) is 10.3 Å². The fourth-order valence-corrected chi connectivity index (χ4v) is 2.91. The van der Waals surface area contributed by atoms with Gasteiger partial charge in [-0.1, -0.05) is 6.07 Å². The van der Waals surface area contributed by atoms with E-state index in [9.17, 15) is 0 Å². The quantitative estimate of drug-likeness (QED) is 0.824. The lowest BCUT2D eigenvalue weighted by molar-refractivity contribution is 0.485. The zero-order valence-corrected chi connectivity index (χ0v) is 9.26.